The van der Waals surface area contributed by atoms with Crippen LogP contribution in [0.1, 0.15) is 37.9 Å². The number of halogens is 3. The molecule has 1 aromatic rings. The van der Waals surface area contributed by atoms with Crippen LogP contribution in [0.15, 0.2) is 4.52 Å². The van der Waals surface area contributed by atoms with Crippen molar-refractivity contribution in [3.63, 3.8) is 0 Å². The van der Waals surface area contributed by atoms with E-state index in [1.165, 1.54) is 0 Å². The van der Waals surface area contributed by atoms with Crippen molar-refractivity contribution in [3.05, 3.63) is 11.7 Å². The van der Waals surface area contributed by atoms with Crippen molar-refractivity contribution >= 4 is 0 Å². The summed E-state index contributed by atoms with van der Waals surface area (Å²) >= 11 is 0. The van der Waals surface area contributed by atoms with E-state index in [2.05, 4.69) is 15.5 Å². The molecule has 0 spiro atoms. The normalized spacial score (nSPS) is 24.7. The van der Waals surface area contributed by atoms with Crippen LogP contribution in [0, 0.1) is 0 Å². The summed E-state index contributed by atoms with van der Waals surface area (Å²) in [6.45, 7) is 3.55. The van der Waals surface area contributed by atoms with Gasteiger partial charge in [-0.15, -0.1) is 0 Å². The molecule has 0 radical (unpaired) electrons. The van der Waals surface area contributed by atoms with Crippen LogP contribution in [-0.2, 0) is 11.8 Å². The van der Waals surface area contributed by atoms with Gasteiger partial charge >= 0.3 is 6.18 Å². The minimum atomic E-state index is -4.30. The number of rotatable bonds is 4. The van der Waals surface area contributed by atoms with Gasteiger partial charge < -0.3 is 9.84 Å². The highest BCUT2D eigenvalue weighted by Crippen LogP contribution is 2.34. The Morgan fingerprint density at radius 2 is 2.22 bits per heavy atom. The summed E-state index contributed by atoms with van der Waals surface area (Å²) in [7, 11) is 0. The standard InChI is InChI=1S/C11H16F3N3O/c1-2-3-10(4-5-15-7-10)9-16-8(17-18-9)6-11(12,13)14/h15H,2-7H2,1H3. The maximum Gasteiger partial charge on any atom is 0.396 e. The van der Waals surface area contributed by atoms with Crippen molar-refractivity contribution in [2.75, 3.05) is 13.1 Å². The molecule has 1 aromatic heterocycles. The van der Waals surface area contributed by atoms with Crippen molar-refractivity contribution in [2.24, 2.45) is 0 Å². The van der Waals surface area contributed by atoms with Crippen LogP contribution < -0.4 is 5.32 Å². The first-order chi connectivity index (χ1) is 8.45. The monoisotopic (exact) mass is 263 g/mol. The molecule has 0 amide bonds. The van der Waals surface area contributed by atoms with E-state index in [1.807, 2.05) is 6.92 Å². The molecule has 0 aliphatic carbocycles. The number of aromatic nitrogens is 2. The SMILES string of the molecule is CCCC1(c2nc(CC(F)(F)F)no2)CCNC1. The van der Waals surface area contributed by atoms with Crippen molar-refractivity contribution < 1.29 is 17.7 Å². The van der Waals surface area contributed by atoms with Crippen LogP contribution in [0.4, 0.5) is 13.2 Å². The smallest absolute Gasteiger partial charge is 0.339 e. The predicted octanol–water partition coefficient (Wildman–Crippen LogP) is 2.21. The molecule has 0 bridgehead atoms. The van der Waals surface area contributed by atoms with E-state index in [-0.39, 0.29) is 11.2 Å². The lowest BCUT2D eigenvalue weighted by molar-refractivity contribution is -0.128. The highest BCUT2D eigenvalue weighted by Gasteiger charge is 2.41. The van der Waals surface area contributed by atoms with Crippen LogP contribution in [0.5, 0.6) is 0 Å². The van der Waals surface area contributed by atoms with Crippen LogP contribution >= 0.6 is 0 Å². The zero-order valence-electron chi connectivity index (χ0n) is 10.2. The van der Waals surface area contributed by atoms with Gasteiger partial charge in [-0.2, -0.15) is 18.2 Å². The Bertz CT molecular complexity index is 396. The number of nitrogens with zero attached hydrogens (tertiary/aromatic N) is 2. The lowest BCUT2D eigenvalue weighted by Crippen LogP contribution is -2.29. The van der Waals surface area contributed by atoms with E-state index in [4.69, 9.17) is 4.52 Å². The highest BCUT2D eigenvalue weighted by atomic mass is 19.4. The summed E-state index contributed by atoms with van der Waals surface area (Å²) in [5.74, 6) is 0.0634. The Balaban J connectivity index is 2.17. The van der Waals surface area contributed by atoms with Gasteiger partial charge in [0.1, 0.15) is 6.42 Å². The highest BCUT2D eigenvalue weighted by molar-refractivity contribution is 5.10. The first-order valence-electron chi connectivity index (χ1n) is 6.06. The largest absolute Gasteiger partial charge is 0.396 e. The number of hydrogen-bond donors (Lipinski definition) is 1. The molecule has 0 aromatic carbocycles. The molecule has 18 heavy (non-hydrogen) atoms. The fourth-order valence-electron chi connectivity index (χ4n) is 2.45. The summed E-state index contributed by atoms with van der Waals surface area (Å²) in [6.07, 6.45) is -2.83. The molecule has 1 unspecified atom stereocenters. The Morgan fingerprint density at radius 3 is 2.78 bits per heavy atom. The minimum Gasteiger partial charge on any atom is -0.339 e. The molecular formula is C11H16F3N3O. The van der Waals surface area contributed by atoms with E-state index >= 15 is 0 Å². The molecule has 1 saturated heterocycles. The van der Waals surface area contributed by atoms with Gasteiger partial charge in [-0.3, -0.25) is 0 Å². The molecule has 0 saturated carbocycles. The van der Waals surface area contributed by atoms with Crippen molar-refractivity contribution in [1.29, 1.82) is 0 Å². The number of nitrogens with one attached hydrogen (secondary N) is 1. The lowest BCUT2D eigenvalue weighted by atomic mass is 9.82. The summed E-state index contributed by atoms with van der Waals surface area (Å²) < 4.78 is 41.8. The molecule has 2 heterocycles. The van der Waals surface area contributed by atoms with Crippen molar-refractivity contribution in [3.8, 4) is 0 Å². The average molecular weight is 263 g/mol. The van der Waals surface area contributed by atoms with E-state index < -0.39 is 12.6 Å². The van der Waals surface area contributed by atoms with Gasteiger partial charge in [0.25, 0.3) is 0 Å². The zero-order valence-corrected chi connectivity index (χ0v) is 10.2. The van der Waals surface area contributed by atoms with Gasteiger partial charge in [0.15, 0.2) is 5.82 Å². The maximum atomic E-state index is 12.2. The fourth-order valence-corrected chi connectivity index (χ4v) is 2.45. The zero-order chi connectivity index (χ0) is 13.2. The molecule has 1 aliphatic rings. The van der Waals surface area contributed by atoms with E-state index in [0.717, 1.165) is 25.8 Å². The van der Waals surface area contributed by atoms with Gasteiger partial charge in [-0.25, -0.2) is 0 Å². The molecule has 1 atom stereocenters. The second-order valence-electron chi connectivity index (χ2n) is 4.76. The third-order valence-corrected chi connectivity index (χ3v) is 3.25. The van der Waals surface area contributed by atoms with Gasteiger partial charge in [0, 0.05) is 6.54 Å². The molecule has 1 fully saturated rings. The third kappa shape index (κ3) is 2.82. The van der Waals surface area contributed by atoms with Crippen LogP contribution in [0.25, 0.3) is 0 Å². The predicted molar refractivity (Wildman–Crippen MR) is 58.1 cm³/mol. The van der Waals surface area contributed by atoms with Crippen LogP contribution in [-0.4, -0.2) is 29.4 Å². The van der Waals surface area contributed by atoms with E-state index in [1.54, 1.807) is 0 Å². The summed E-state index contributed by atoms with van der Waals surface area (Å²) in [5.41, 5.74) is -0.286. The van der Waals surface area contributed by atoms with Gasteiger partial charge in [0.2, 0.25) is 5.89 Å². The lowest BCUT2D eigenvalue weighted by Gasteiger charge is -2.22. The van der Waals surface area contributed by atoms with E-state index in [0.29, 0.717) is 12.4 Å². The van der Waals surface area contributed by atoms with Crippen molar-refractivity contribution in [2.45, 2.75) is 44.2 Å². The molecule has 4 nitrogen and oxygen atoms in total. The Labute approximate surface area is 103 Å². The quantitative estimate of drug-likeness (QED) is 0.904. The Kier molecular flexibility index (Phi) is 3.61. The Hall–Kier alpha value is -1.11. The molecule has 102 valence electrons. The van der Waals surface area contributed by atoms with Gasteiger partial charge in [0.05, 0.1) is 5.41 Å². The Morgan fingerprint density at radius 1 is 1.44 bits per heavy atom. The van der Waals surface area contributed by atoms with Gasteiger partial charge in [-0.05, 0) is 19.4 Å². The first kappa shape index (κ1) is 13.3. The van der Waals surface area contributed by atoms with Gasteiger partial charge in [-0.1, -0.05) is 18.5 Å². The molecule has 1 N–H and O–H groups in total. The average Bonchev–Trinajstić information content (AvgIpc) is 2.85. The molecule has 1 aliphatic heterocycles. The first-order valence-corrected chi connectivity index (χ1v) is 6.06. The number of alkyl halides is 3. The fraction of sp³-hybridized carbons (Fsp3) is 0.818. The maximum absolute atomic E-state index is 12.2. The van der Waals surface area contributed by atoms with Crippen LogP contribution in [0.3, 0.4) is 0 Å². The third-order valence-electron chi connectivity index (χ3n) is 3.25. The number of hydrogen-bond acceptors (Lipinski definition) is 4. The van der Waals surface area contributed by atoms with Crippen LogP contribution in [0.2, 0.25) is 0 Å². The summed E-state index contributed by atoms with van der Waals surface area (Å²) in [6, 6.07) is 0. The molecular weight excluding hydrogens is 247 g/mol. The summed E-state index contributed by atoms with van der Waals surface area (Å²) in [5, 5.41) is 6.64. The minimum absolute atomic E-state index is 0.278. The topological polar surface area (TPSA) is 51.0 Å². The summed E-state index contributed by atoms with van der Waals surface area (Å²) in [4.78, 5) is 3.93. The second kappa shape index (κ2) is 4.87. The molecule has 2 rings (SSSR count). The second-order valence-corrected chi connectivity index (χ2v) is 4.76. The van der Waals surface area contributed by atoms with E-state index in [9.17, 15) is 13.2 Å². The van der Waals surface area contributed by atoms with Crippen molar-refractivity contribution in [1.82, 2.24) is 15.5 Å². The molecule has 7 heteroatoms.